The molecule has 0 bridgehead atoms. The maximum absolute atomic E-state index is 12.5. The highest BCUT2D eigenvalue weighted by Gasteiger charge is 2.14. The summed E-state index contributed by atoms with van der Waals surface area (Å²) in [5.41, 5.74) is 0. The lowest BCUT2D eigenvalue weighted by Gasteiger charge is -2.21. The molecule has 59 heavy (non-hydrogen) atoms. The Morgan fingerprint density at radius 2 is 0.966 bits per heavy atom. The van der Waals surface area contributed by atoms with Gasteiger partial charge in [-0.05, 0) is 102 Å². The van der Waals surface area contributed by atoms with E-state index in [1.807, 2.05) is 0 Å². The molecule has 0 spiro atoms. The first-order chi connectivity index (χ1) is 29.0. The van der Waals surface area contributed by atoms with Crippen LogP contribution in [0.5, 0.6) is 0 Å². The lowest BCUT2D eigenvalue weighted by molar-refractivity contribution is -0.159. The molecular weight excluding hydrogens is 739 g/mol. The van der Waals surface area contributed by atoms with Crippen molar-refractivity contribution >= 4 is 11.9 Å². The molecule has 1 N–H and O–H groups in total. The lowest BCUT2D eigenvalue weighted by Crippen LogP contribution is -2.29. The third-order valence-corrected chi connectivity index (χ3v) is 11.2. The van der Waals surface area contributed by atoms with E-state index in [2.05, 4.69) is 56.9 Å². The third kappa shape index (κ3) is 42.7. The average Bonchev–Trinajstić information content (AvgIpc) is 3.23. The van der Waals surface area contributed by atoms with Crippen LogP contribution in [0.15, 0.2) is 24.3 Å². The Morgan fingerprint density at radius 1 is 0.475 bits per heavy atom. The number of allylic oxidation sites excluding steroid dienone is 4. The molecule has 0 fully saturated rings. The molecule has 348 valence electrons. The highest BCUT2D eigenvalue weighted by molar-refractivity contribution is 5.69. The first-order valence-electron chi connectivity index (χ1n) is 25.2. The zero-order chi connectivity index (χ0) is 43.1. The quantitative estimate of drug-likeness (QED) is 0.0280. The van der Waals surface area contributed by atoms with Gasteiger partial charge in [-0.3, -0.25) is 9.59 Å². The first kappa shape index (κ1) is 57.3. The minimum absolute atomic E-state index is 0.0260. The van der Waals surface area contributed by atoms with Gasteiger partial charge in [0.25, 0.3) is 0 Å². The van der Waals surface area contributed by atoms with Crippen molar-refractivity contribution in [1.29, 1.82) is 0 Å². The number of rotatable bonds is 47. The highest BCUT2D eigenvalue weighted by Crippen LogP contribution is 2.22. The molecule has 0 saturated heterocycles. The molecule has 0 aliphatic heterocycles. The summed E-state index contributed by atoms with van der Waals surface area (Å²) in [5, 5.41) is 9.60. The molecular formula is C51H97NO7. The van der Waals surface area contributed by atoms with Gasteiger partial charge in [-0.25, -0.2) is 0 Å². The number of hydrogen-bond donors (Lipinski definition) is 1. The van der Waals surface area contributed by atoms with E-state index in [1.54, 1.807) is 0 Å². The van der Waals surface area contributed by atoms with Crippen molar-refractivity contribution in [3.05, 3.63) is 24.3 Å². The minimum atomic E-state index is -0.361. The SMILES string of the molecule is CC/C=C\CCCCOC(CCC(=O)OCCCCCCN(CCO)CCCCCCCC(=O)OCCC(CCCCCC)CCCCCC)OCCCC/C=C\CC. The molecule has 0 aliphatic carbocycles. The van der Waals surface area contributed by atoms with E-state index in [1.165, 1.54) is 64.2 Å². The normalized spacial score (nSPS) is 12.0. The fourth-order valence-electron chi connectivity index (χ4n) is 7.40. The van der Waals surface area contributed by atoms with Crippen molar-refractivity contribution in [3.63, 3.8) is 0 Å². The summed E-state index contributed by atoms with van der Waals surface area (Å²) in [6, 6.07) is 0. The maximum atomic E-state index is 12.5. The Hall–Kier alpha value is -1.74. The lowest BCUT2D eigenvalue weighted by atomic mass is 9.92. The van der Waals surface area contributed by atoms with Crippen LogP contribution in [-0.4, -0.2) is 80.9 Å². The standard InChI is InChI=1S/C51H97NO7/c1-5-9-13-17-23-32-45-58-51(59-46-33-24-18-14-10-6-2)38-37-50(55)56-44-31-25-22-30-41-52(42-43-53)40-29-21-19-20-28-36-49(54)57-47-39-48(34-26-15-11-7-3)35-27-16-12-8-4/h9-10,13-14,48,51,53H,5-8,11-12,15-47H2,1-4H3/b13-9-,14-10-. The summed E-state index contributed by atoms with van der Waals surface area (Å²) in [6.07, 6.45) is 41.8. The van der Waals surface area contributed by atoms with Crippen LogP contribution in [0.1, 0.15) is 227 Å². The number of hydrogen-bond acceptors (Lipinski definition) is 8. The van der Waals surface area contributed by atoms with E-state index in [9.17, 15) is 14.7 Å². The van der Waals surface area contributed by atoms with Crippen LogP contribution in [0, 0.1) is 5.92 Å². The summed E-state index contributed by atoms with van der Waals surface area (Å²) in [6.45, 7) is 14.0. The highest BCUT2D eigenvalue weighted by atomic mass is 16.7. The smallest absolute Gasteiger partial charge is 0.305 e. The van der Waals surface area contributed by atoms with E-state index in [-0.39, 0.29) is 24.8 Å². The van der Waals surface area contributed by atoms with Crippen LogP contribution in [0.4, 0.5) is 0 Å². The molecule has 0 aromatic heterocycles. The maximum Gasteiger partial charge on any atom is 0.305 e. The van der Waals surface area contributed by atoms with Gasteiger partial charge >= 0.3 is 11.9 Å². The minimum Gasteiger partial charge on any atom is -0.466 e. The van der Waals surface area contributed by atoms with Crippen LogP contribution in [0.2, 0.25) is 0 Å². The van der Waals surface area contributed by atoms with Crippen molar-refractivity contribution in [1.82, 2.24) is 4.90 Å². The van der Waals surface area contributed by atoms with Crippen molar-refractivity contribution < 1.29 is 33.6 Å². The number of unbranched alkanes of at least 4 members (excludes halogenated alkanes) is 17. The largest absolute Gasteiger partial charge is 0.466 e. The van der Waals surface area contributed by atoms with Gasteiger partial charge in [-0.1, -0.05) is 148 Å². The second-order valence-electron chi connectivity index (χ2n) is 16.8. The van der Waals surface area contributed by atoms with Crippen LogP contribution in [0.25, 0.3) is 0 Å². The zero-order valence-electron chi connectivity index (χ0n) is 39.4. The summed E-state index contributed by atoms with van der Waals surface area (Å²) < 4.78 is 23.3. The van der Waals surface area contributed by atoms with Crippen LogP contribution in [-0.2, 0) is 28.5 Å². The number of carbonyl (C=O) groups is 2. The monoisotopic (exact) mass is 836 g/mol. The number of ether oxygens (including phenoxy) is 4. The summed E-state index contributed by atoms with van der Waals surface area (Å²) in [7, 11) is 0. The van der Waals surface area contributed by atoms with Crippen molar-refractivity contribution in [2.24, 2.45) is 5.92 Å². The number of esters is 2. The van der Waals surface area contributed by atoms with E-state index in [0.29, 0.717) is 58.2 Å². The van der Waals surface area contributed by atoms with Gasteiger partial charge in [-0.15, -0.1) is 0 Å². The predicted molar refractivity (Wildman–Crippen MR) is 249 cm³/mol. The van der Waals surface area contributed by atoms with Gasteiger partial charge in [-0.2, -0.15) is 0 Å². The molecule has 0 atom stereocenters. The van der Waals surface area contributed by atoms with Crippen LogP contribution >= 0.6 is 0 Å². The molecule has 0 rings (SSSR count). The van der Waals surface area contributed by atoms with Gasteiger partial charge in [0.2, 0.25) is 0 Å². The van der Waals surface area contributed by atoms with Crippen molar-refractivity contribution in [2.45, 2.75) is 233 Å². The number of aliphatic hydroxyl groups excluding tert-OH is 1. The summed E-state index contributed by atoms with van der Waals surface area (Å²) >= 11 is 0. The van der Waals surface area contributed by atoms with Gasteiger partial charge in [0.15, 0.2) is 6.29 Å². The van der Waals surface area contributed by atoms with Crippen molar-refractivity contribution in [3.8, 4) is 0 Å². The average molecular weight is 836 g/mol. The fourth-order valence-corrected chi connectivity index (χ4v) is 7.40. The molecule has 0 aromatic rings. The Labute approximate surface area is 365 Å². The zero-order valence-corrected chi connectivity index (χ0v) is 39.4. The van der Waals surface area contributed by atoms with E-state index in [4.69, 9.17) is 18.9 Å². The van der Waals surface area contributed by atoms with E-state index < -0.39 is 0 Å². The molecule has 0 aromatic carbocycles. The number of carbonyl (C=O) groups excluding carboxylic acids is 2. The molecule has 8 nitrogen and oxygen atoms in total. The summed E-state index contributed by atoms with van der Waals surface area (Å²) in [4.78, 5) is 27.3. The Bertz CT molecular complexity index is 905. The molecule has 0 aliphatic rings. The Balaban J connectivity index is 4.11. The molecule has 0 radical (unpaired) electrons. The van der Waals surface area contributed by atoms with Gasteiger partial charge in [0.05, 0.1) is 26.2 Å². The number of nitrogens with zero attached hydrogens (tertiary/aromatic N) is 1. The molecule has 0 amide bonds. The molecule has 0 saturated carbocycles. The Kier molecular flexibility index (Phi) is 45.9. The summed E-state index contributed by atoms with van der Waals surface area (Å²) in [5.74, 6) is 0.499. The Morgan fingerprint density at radius 3 is 1.53 bits per heavy atom. The van der Waals surface area contributed by atoms with Gasteiger partial charge in [0, 0.05) is 32.6 Å². The van der Waals surface area contributed by atoms with E-state index in [0.717, 1.165) is 129 Å². The van der Waals surface area contributed by atoms with Gasteiger partial charge in [0.1, 0.15) is 0 Å². The van der Waals surface area contributed by atoms with E-state index >= 15 is 0 Å². The predicted octanol–water partition coefficient (Wildman–Crippen LogP) is 13.6. The van der Waals surface area contributed by atoms with Crippen LogP contribution < -0.4 is 0 Å². The third-order valence-electron chi connectivity index (χ3n) is 11.2. The molecule has 0 unspecified atom stereocenters. The molecule has 0 heterocycles. The topological polar surface area (TPSA) is 94.5 Å². The number of aliphatic hydroxyl groups is 1. The van der Waals surface area contributed by atoms with Crippen LogP contribution in [0.3, 0.4) is 0 Å². The first-order valence-corrected chi connectivity index (χ1v) is 25.2. The van der Waals surface area contributed by atoms with Gasteiger partial charge < -0.3 is 29.0 Å². The second-order valence-corrected chi connectivity index (χ2v) is 16.8. The second kappa shape index (κ2) is 47.3. The molecule has 8 heteroatoms. The fraction of sp³-hybridized carbons (Fsp3) is 0.882. The van der Waals surface area contributed by atoms with Crippen molar-refractivity contribution in [2.75, 3.05) is 52.7 Å².